The Hall–Kier alpha value is -1.08. The number of carbonyl (C=O) groups excluding carboxylic acids is 1. The number of methoxy groups -OCH3 is 1. The Morgan fingerprint density at radius 2 is 2.15 bits per heavy atom. The normalized spacial score (nSPS) is 11.9. The summed E-state index contributed by atoms with van der Waals surface area (Å²) in [6.07, 6.45) is 0. The molecule has 0 aliphatic heterocycles. The highest BCUT2D eigenvalue weighted by Crippen LogP contribution is 2.18. The number of para-hydroxylation sites is 2. The number of carbonyl (C=O) groups is 1. The number of hydrogen-bond acceptors (Lipinski definition) is 3. The summed E-state index contributed by atoms with van der Waals surface area (Å²) in [6, 6.07) is 7.83. The number of imidazole rings is 1. The molecule has 0 aliphatic rings. The van der Waals surface area contributed by atoms with Crippen LogP contribution in [0.2, 0.25) is 0 Å². The maximum atomic E-state index is 11.5. The number of benzene rings is 1. The van der Waals surface area contributed by atoms with Gasteiger partial charge in [-0.1, -0.05) is 28.1 Å². The molecular formula is C13H17Br2N3O2. The highest BCUT2D eigenvalue weighted by molar-refractivity contribution is 9.09. The first-order valence-electron chi connectivity index (χ1n) is 6.02. The molecule has 2 aromatic rings. The van der Waals surface area contributed by atoms with E-state index in [0.717, 1.165) is 17.6 Å². The molecule has 0 saturated carbocycles. The van der Waals surface area contributed by atoms with E-state index in [1.54, 1.807) is 4.57 Å². The van der Waals surface area contributed by atoms with E-state index >= 15 is 0 Å². The molecule has 0 saturated heterocycles. The zero-order valence-electron chi connectivity index (χ0n) is 11.3. The van der Waals surface area contributed by atoms with Crippen LogP contribution in [0.25, 0.3) is 11.0 Å². The van der Waals surface area contributed by atoms with Crippen LogP contribution in [0.1, 0.15) is 6.92 Å². The number of rotatable bonds is 4. The van der Waals surface area contributed by atoms with Crippen molar-refractivity contribution < 1.29 is 31.1 Å². The lowest BCUT2D eigenvalue weighted by Gasteiger charge is -2.03. The lowest BCUT2D eigenvalue weighted by molar-refractivity contribution is -0.645. The number of ether oxygens (including phenoxy) is 1. The van der Waals surface area contributed by atoms with Crippen molar-refractivity contribution in [1.82, 2.24) is 4.57 Å². The fraction of sp³-hybridized carbons (Fsp3) is 0.385. The van der Waals surface area contributed by atoms with Crippen molar-refractivity contribution in [3.63, 3.8) is 0 Å². The lowest BCUT2D eigenvalue weighted by Crippen LogP contribution is -3.00. The molecular weight excluding hydrogens is 390 g/mol. The third-order valence-electron chi connectivity index (χ3n) is 2.97. The van der Waals surface area contributed by atoms with Crippen LogP contribution < -0.4 is 27.3 Å². The number of nitrogen functional groups attached to an aromatic ring is 1. The molecule has 0 aliphatic carbocycles. The van der Waals surface area contributed by atoms with E-state index in [1.807, 2.05) is 28.8 Å². The second-order valence-corrected chi connectivity index (χ2v) is 5.96. The second kappa shape index (κ2) is 7.08. The summed E-state index contributed by atoms with van der Waals surface area (Å²) >= 11 is 3.53. The maximum Gasteiger partial charge on any atom is 0.356 e. The first kappa shape index (κ1) is 17.0. The second-order valence-electron chi connectivity index (χ2n) is 4.40. The molecule has 0 radical (unpaired) electrons. The molecule has 1 aromatic carbocycles. The van der Waals surface area contributed by atoms with Gasteiger partial charge in [0.05, 0.1) is 13.7 Å². The minimum absolute atomic E-state index is 0. The molecule has 1 aromatic heterocycles. The number of anilines is 1. The summed E-state index contributed by atoms with van der Waals surface area (Å²) in [7, 11) is 1.37. The minimum Gasteiger partial charge on any atom is -1.00 e. The van der Waals surface area contributed by atoms with E-state index in [2.05, 4.69) is 22.9 Å². The third-order valence-corrected chi connectivity index (χ3v) is 3.26. The molecule has 2 rings (SSSR count). The Morgan fingerprint density at radius 1 is 1.50 bits per heavy atom. The fourth-order valence-corrected chi connectivity index (χ4v) is 2.41. The van der Waals surface area contributed by atoms with E-state index in [-0.39, 0.29) is 34.3 Å². The van der Waals surface area contributed by atoms with E-state index in [1.165, 1.54) is 7.11 Å². The molecule has 0 fully saturated rings. The summed E-state index contributed by atoms with van der Waals surface area (Å²) in [5, 5.41) is 0. The smallest absolute Gasteiger partial charge is 0.356 e. The Bertz CT molecular complexity index is 611. The van der Waals surface area contributed by atoms with Crippen molar-refractivity contribution >= 4 is 38.9 Å². The maximum absolute atomic E-state index is 11.5. The summed E-state index contributed by atoms with van der Waals surface area (Å²) in [5.74, 6) is 0.240. The van der Waals surface area contributed by atoms with Gasteiger partial charge in [0.2, 0.25) is 0 Å². The molecule has 20 heavy (non-hydrogen) atoms. The summed E-state index contributed by atoms with van der Waals surface area (Å²) in [4.78, 5) is 11.8. The zero-order chi connectivity index (χ0) is 14.0. The van der Waals surface area contributed by atoms with Gasteiger partial charge in [-0.25, -0.2) is 13.9 Å². The van der Waals surface area contributed by atoms with E-state index < -0.39 is 0 Å². The summed E-state index contributed by atoms with van der Waals surface area (Å²) in [6.45, 7) is 2.91. The van der Waals surface area contributed by atoms with Gasteiger partial charge in [-0.2, -0.15) is 0 Å². The molecule has 2 N–H and O–H groups in total. The van der Waals surface area contributed by atoms with Crippen molar-refractivity contribution in [3.8, 4) is 0 Å². The number of fused-ring (bicyclic) bond motifs is 1. The average molecular weight is 407 g/mol. The first-order chi connectivity index (χ1) is 9.04. The highest BCUT2D eigenvalue weighted by atomic mass is 79.9. The predicted molar refractivity (Wildman–Crippen MR) is 77.0 cm³/mol. The number of alkyl halides is 1. The number of nitrogens with zero attached hydrogens (tertiary/aromatic N) is 2. The number of esters is 1. The number of halogens is 2. The van der Waals surface area contributed by atoms with Gasteiger partial charge < -0.3 is 21.7 Å². The molecule has 1 atom stereocenters. The van der Waals surface area contributed by atoms with E-state index in [9.17, 15) is 4.79 Å². The Kier molecular flexibility index (Phi) is 6.01. The van der Waals surface area contributed by atoms with Crippen LogP contribution in [-0.4, -0.2) is 22.5 Å². The molecule has 0 spiro atoms. The van der Waals surface area contributed by atoms with Crippen LogP contribution in [0.15, 0.2) is 24.3 Å². The largest absolute Gasteiger partial charge is 1.00 e. The SMILES string of the molecule is COC(=O)C[n+]1c(N)n(CC(C)Br)c2ccccc21.[Br-]. The number of nitrogens with two attached hydrogens (primary N) is 1. The zero-order valence-corrected chi connectivity index (χ0v) is 14.5. The number of aromatic nitrogens is 2. The van der Waals surface area contributed by atoms with Gasteiger partial charge in [0.25, 0.3) is 0 Å². The topological polar surface area (TPSA) is 61.1 Å². The Morgan fingerprint density at radius 3 is 2.75 bits per heavy atom. The highest BCUT2D eigenvalue weighted by Gasteiger charge is 2.23. The van der Waals surface area contributed by atoms with Gasteiger partial charge in [-0.05, 0) is 19.1 Å². The van der Waals surface area contributed by atoms with Crippen molar-refractivity contribution in [2.24, 2.45) is 0 Å². The molecule has 7 heteroatoms. The predicted octanol–water partition coefficient (Wildman–Crippen LogP) is -1.53. The van der Waals surface area contributed by atoms with Gasteiger partial charge in [0.15, 0.2) is 6.54 Å². The van der Waals surface area contributed by atoms with Crippen molar-refractivity contribution in [1.29, 1.82) is 0 Å². The standard InChI is InChI=1S/C13H16BrN3O2.BrH/c1-9(14)7-16-10-5-3-4-6-11(10)17(13(16)15)8-12(18)19-2;/h3-6,9,15H,7-8H2,1-2H3;1H. The Balaban J connectivity index is 0.00000200. The van der Waals surface area contributed by atoms with Gasteiger partial charge >= 0.3 is 11.9 Å². The van der Waals surface area contributed by atoms with Crippen molar-refractivity contribution in [3.05, 3.63) is 24.3 Å². The van der Waals surface area contributed by atoms with Crippen LogP contribution >= 0.6 is 15.9 Å². The minimum atomic E-state index is -0.313. The molecule has 110 valence electrons. The van der Waals surface area contributed by atoms with E-state index in [0.29, 0.717) is 5.95 Å². The van der Waals surface area contributed by atoms with Gasteiger partial charge in [-0.3, -0.25) is 5.73 Å². The van der Waals surface area contributed by atoms with Crippen molar-refractivity contribution in [2.75, 3.05) is 12.8 Å². The monoisotopic (exact) mass is 405 g/mol. The third kappa shape index (κ3) is 3.32. The molecule has 0 bridgehead atoms. The van der Waals surface area contributed by atoms with Gasteiger partial charge in [0.1, 0.15) is 11.0 Å². The fourth-order valence-electron chi connectivity index (χ4n) is 2.12. The number of hydrogen-bond donors (Lipinski definition) is 1. The molecule has 0 amide bonds. The first-order valence-corrected chi connectivity index (χ1v) is 6.93. The average Bonchev–Trinajstić information content (AvgIpc) is 2.64. The van der Waals surface area contributed by atoms with Crippen LogP contribution in [0.5, 0.6) is 0 Å². The molecule has 1 heterocycles. The molecule has 1 unspecified atom stereocenters. The van der Waals surface area contributed by atoms with E-state index in [4.69, 9.17) is 10.5 Å². The molecule has 5 nitrogen and oxygen atoms in total. The Labute approximate surface area is 136 Å². The van der Waals surface area contributed by atoms with Crippen LogP contribution in [0, 0.1) is 0 Å². The summed E-state index contributed by atoms with van der Waals surface area (Å²) in [5.41, 5.74) is 8.10. The van der Waals surface area contributed by atoms with Crippen LogP contribution in [-0.2, 0) is 22.6 Å². The van der Waals surface area contributed by atoms with Crippen LogP contribution in [0.3, 0.4) is 0 Å². The van der Waals surface area contributed by atoms with Gasteiger partial charge in [-0.15, -0.1) is 0 Å². The van der Waals surface area contributed by atoms with Crippen molar-refractivity contribution in [2.45, 2.75) is 24.8 Å². The summed E-state index contributed by atoms with van der Waals surface area (Å²) < 4.78 is 8.49. The van der Waals surface area contributed by atoms with Gasteiger partial charge in [0, 0.05) is 4.83 Å². The quantitative estimate of drug-likeness (QED) is 0.381. The van der Waals surface area contributed by atoms with Crippen LogP contribution in [0.4, 0.5) is 5.95 Å². The lowest BCUT2D eigenvalue weighted by atomic mass is 10.3.